The molecule has 4 heterocycles. The molecule has 0 spiro atoms. The van der Waals surface area contributed by atoms with Gasteiger partial charge in [0.25, 0.3) is 0 Å². The van der Waals surface area contributed by atoms with Crippen molar-refractivity contribution in [1.29, 1.82) is 0 Å². The summed E-state index contributed by atoms with van der Waals surface area (Å²) in [6.45, 7) is 4.68. The van der Waals surface area contributed by atoms with Crippen LogP contribution in [0.25, 0.3) is 16.9 Å². The Hall–Kier alpha value is -4.05. The third kappa shape index (κ3) is 4.08. The fourth-order valence-electron chi connectivity index (χ4n) is 3.53. The molecule has 0 amide bonds. The second kappa shape index (κ2) is 8.60. The average Bonchev–Trinajstić information content (AvgIpc) is 3.24. The summed E-state index contributed by atoms with van der Waals surface area (Å²) in [7, 11) is 0. The maximum Gasteiger partial charge on any atom is 0.248 e. The van der Waals surface area contributed by atoms with E-state index in [-0.39, 0.29) is 5.56 Å². The van der Waals surface area contributed by atoms with Crippen LogP contribution in [0.1, 0.15) is 11.1 Å². The number of fused-ring (bicyclic) bond motifs is 1. The van der Waals surface area contributed by atoms with Crippen molar-refractivity contribution in [3.05, 3.63) is 70.4 Å². The van der Waals surface area contributed by atoms with E-state index in [0.29, 0.717) is 49.2 Å². The van der Waals surface area contributed by atoms with Gasteiger partial charge in [0.05, 0.1) is 25.1 Å². The number of H-pyrrole nitrogens is 1. The van der Waals surface area contributed by atoms with Gasteiger partial charge in [0.15, 0.2) is 17.0 Å². The van der Waals surface area contributed by atoms with E-state index in [1.54, 1.807) is 24.8 Å². The summed E-state index contributed by atoms with van der Waals surface area (Å²) in [5.41, 5.74) is 6.94. The molecule has 0 unspecified atom stereocenters. The number of hydrazone groups is 1. The van der Waals surface area contributed by atoms with Crippen LogP contribution in [0.3, 0.4) is 0 Å². The van der Waals surface area contributed by atoms with Crippen LogP contribution in [0.4, 0.5) is 11.8 Å². The lowest BCUT2D eigenvalue weighted by molar-refractivity contribution is 0.122. The van der Waals surface area contributed by atoms with Gasteiger partial charge in [-0.05, 0) is 18.6 Å². The average molecular weight is 430 g/mol. The molecule has 1 aromatic carbocycles. The van der Waals surface area contributed by atoms with Gasteiger partial charge in [0.2, 0.25) is 11.5 Å². The molecule has 1 fully saturated rings. The maximum absolute atomic E-state index is 11.5. The largest absolute Gasteiger partial charge is 0.378 e. The van der Waals surface area contributed by atoms with Gasteiger partial charge in [-0.2, -0.15) is 15.1 Å². The molecule has 5 rings (SSSR count). The number of anilines is 2. The number of aryl methyl sites for hydroxylation is 1. The molecule has 0 atom stereocenters. The number of aromatic amines is 1. The molecule has 162 valence electrons. The number of nitrogens with zero attached hydrogens (tertiary/aromatic N) is 6. The van der Waals surface area contributed by atoms with Crippen LogP contribution < -0.4 is 15.9 Å². The van der Waals surface area contributed by atoms with Gasteiger partial charge in [-0.3, -0.25) is 14.8 Å². The Morgan fingerprint density at radius 1 is 1.19 bits per heavy atom. The van der Waals surface area contributed by atoms with Crippen LogP contribution in [0.5, 0.6) is 0 Å². The summed E-state index contributed by atoms with van der Waals surface area (Å²) in [6, 6.07) is 11.2. The van der Waals surface area contributed by atoms with E-state index in [0.717, 1.165) is 16.8 Å². The van der Waals surface area contributed by atoms with Crippen LogP contribution in [0.15, 0.2) is 58.8 Å². The molecule has 10 heteroatoms. The first kappa shape index (κ1) is 19.9. The molecule has 3 aromatic heterocycles. The smallest absolute Gasteiger partial charge is 0.248 e. The number of benzene rings is 1. The number of pyridine rings is 1. The number of aromatic nitrogens is 5. The predicted molar refractivity (Wildman–Crippen MR) is 123 cm³/mol. The van der Waals surface area contributed by atoms with E-state index >= 15 is 0 Å². The van der Waals surface area contributed by atoms with Gasteiger partial charge < -0.3 is 14.6 Å². The second-order valence-corrected chi connectivity index (χ2v) is 7.45. The number of morpholine rings is 1. The standard InChI is InChI=1S/C22H22N8O2/c1-15-3-2-4-16(11-15)12-25-28-20-19-21(27-22(26-20)29-7-9-32-10-8-29)30(14-24-19)17-5-6-18(31)23-13-17/h2-6,11-14H,7-10H2,1H3,(H,23,31)(H,26,27,28)/b25-12+. The topological polar surface area (TPSA) is 113 Å². The van der Waals surface area contributed by atoms with Gasteiger partial charge in [-0.25, -0.2) is 4.98 Å². The zero-order valence-electron chi connectivity index (χ0n) is 17.5. The van der Waals surface area contributed by atoms with E-state index in [9.17, 15) is 4.79 Å². The monoisotopic (exact) mass is 430 g/mol. The molecule has 1 aliphatic heterocycles. The summed E-state index contributed by atoms with van der Waals surface area (Å²) in [5, 5.41) is 4.38. The number of hydrogen-bond donors (Lipinski definition) is 2. The van der Waals surface area contributed by atoms with Crippen LogP contribution in [0.2, 0.25) is 0 Å². The molecule has 1 aliphatic rings. The Labute approximate surface area is 183 Å². The third-order valence-electron chi connectivity index (χ3n) is 5.15. The third-order valence-corrected chi connectivity index (χ3v) is 5.15. The van der Waals surface area contributed by atoms with Crippen molar-refractivity contribution in [3.63, 3.8) is 0 Å². The maximum atomic E-state index is 11.5. The minimum absolute atomic E-state index is 0.172. The van der Waals surface area contributed by atoms with Crippen molar-refractivity contribution in [2.75, 3.05) is 36.6 Å². The number of rotatable bonds is 5. The zero-order chi connectivity index (χ0) is 21.9. The van der Waals surface area contributed by atoms with Gasteiger partial charge in [-0.15, -0.1) is 0 Å². The van der Waals surface area contributed by atoms with E-state index < -0.39 is 0 Å². The Bertz CT molecular complexity index is 1320. The number of nitrogens with one attached hydrogen (secondary N) is 2. The van der Waals surface area contributed by atoms with Crippen LogP contribution in [-0.2, 0) is 4.74 Å². The Balaban J connectivity index is 1.55. The molecular weight excluding hydrogens is 408 g/mol. The summed E-state index contributed by atoms with van der Waals surface area (Å²) in [4.78, 5) is 30.2. The minimum Gasteiger partial charge on any atom is -0.378 e. The van der Waals surface area contributed by atoms with E-state index in [1.165, 1.54) is 6.07 Å². The van der Waals surface area contributed by atoms with E-state index in [2.05, 4.69) is 25.4 Å². The van der Waals surface area contributed by atoms with Gasteiger partial charge in [-0.1, -0.05) is 29.8 Å². The number of hydrogen-bond acceptors (Lipinski definition) is 8. The highest BCUT2D eigenvalue weighted by atomic mass is 16.5. The predicted octanol–water partition coefficient (Wildman–Crippen LogP) is 2.09. The summed E-state index contributed by atoms with van der Waals surface area (Å²) >= 11 is 0. The van der Waals surface area contributed by atoms with Crippen LogP contribution in [-0.4, -0.2) is 57.0 Å². The van der Waals surface area contributed by atoms with Gasteiger partial charge in [0.1, 0.15) is 6.33 Å². The van der Waals surface area contributed by atoms with Crippen molar-refractivity contribution >= 4 is 29.1 Å². The van der Waals surface area contributed by atoms with Crippen LogP contribution >= 0.6 is 0 Å². The highest BCUT2D eigenvalue weighted by Gasteiger charge is 2.19. The highest BCUT2D eigenvalue weighted by Crippen LogP contribution is 2.25. The Morgan fingerprint density at radius 3 is 2.84 bits per heavy atom. The van der Waals surface area contributed by atoms with Crippen molar-refractivity contribution in [2.45, 2.75) is 6.92 Å². The molecule has 10 nitrogen and oxygen atoms in total. The fourth-order valence-corrected chi connectivity index (χ4v) is 3.53. The molecule has 1 saturated heterocycles. The fraction of sp³-hybridized carbons (Fsp3) is 0.227. The Kier molecular flexibility index (Phi) is 5.34. The number of ether oxygens (including phenoxy) is 1. The minimum atomic E-state index is -0.172. The molecular formula is C22H22N8O2. The molecule has 2 N–H and O–H groups in total. The van der Waals surface area contributed by atoms with Gasteiger partial charge in [0, 0.05) is 25.4 Å². The van der Waals surface area contributed by atoms with E-state index in [4.69, 9.17) is 14.7 Å². The molecule has 32 heavy (non-hydrogen) atoms. The van der Waals surface area contributed by atoms with Crippen molar-refractivity contribution in [3.8, 4) is 5.69 Å². The first-order valence-corrected chi connectivity index (χ1v) is 10.3. The molecule has 4 aromatic rings. The lowest BCUT2D eigenvalue weighted by atomic mass is 10.2. The summed E-state index contributed by atoms with van der Waals surface area (Å²) in [6.07, 6.45) is 5.03. The molecule has 0 radical (unpaired) electrons. The van der Waals surface area contributed by atoms with E-state index in [1.807, 2.05) is 35.8 Å². The summed E-state index contributed by atoms with van der Waals surface area (Å²) < 4.78 is 7.28. The lowest BCUT2D eigenvalue weighted by Gasteiger charge is -2.27. The van der Waals surface area contributed by atoms with Crippen molar-refractivity contribution < 1.29 is 4.74 Å². The normalized spacial score (nSPS) is 14.3. The highest BCUT2D eigenvalue weighted by molar-refractivity contribution is 5.87. The molecule has 0 saturated carbocycles. The molecule has 0 aliphatic carbocycles. The zero-order valence-corrected chi connectivity index (χ0v) is 17.5. The summed E-state index contributed by atoms with van der Waals surface area (Å²) in [5.74, 6) is 1.07. The molecule has 0 bridgehead atoms. The number of imidazole rings is 1. The second-order valence-electron chi connectivity index (χ2n) is 7.45. The van der Waals surface area contributed by atoms with Crippen molar-refractivity contribution in [2.24, 2.45) is 5.10 Å². The lowest BCUT2D eigenvalue weighted by Crippen LogP contribution is -2.37. The quantitative estimate of drug-likeness (QED) is 0.368. The first-order chi connectivity index (χ1) is 15.7. The van der Waals surface area contributed by atoms with Crippen molar-refractivity contribution in [1.82, 2.24) is 24.5 Å². The van der Waals surface area contributed by atoms with Gasteiger partial charge >= 0.3 is 0 Å². The Morgan fingerprint density at radius 2 is 2.06 bits per heavy atom. The van der Waals surface area contributed by atoms with Crippen LogP contribution in [0, 0.1) is 6.92 Å². The SMILES string of the molecule is Cc1cccc(/C=N/Nc2nc(N3CCOCC3)nc3c2ncn3-c2ccc(=O)[nH]c2)c1. The first-order valence-electron chi connectivity index (χ1n) is 10.3.